The second-order valence-electron chi connectivity index (χ2n) is 4.44. The molecule has 2 heterocycles. The Morgan fingerprint density at radius 2 is 2.11 bits per heavy atom. The van der Waals surface area contributed by atoms with Crippen molar-refractivity contribution in [3.05, 3.63) is 24.0 Å². The third-order valence-corrected chi connectivity index (χ3v) is 3.21. The maximum Gasteiger partial charge on any atom is 0.0853 e. The molecule has 0 radical (unpaired) electrons. The first-order chi connectivity index (χ1) is 8.83. The van der Waals surface area contributed by atoms with Gasteiger partial charge in [0.05, 0.1) is 31.6 Å². The van der Waals surface area contributed by atoms with Crippen molar-refractivity contribution in [2.24, 2.45) is 0 Å². The molecule has 5 heteroatoms. The summed E-state index contributed by atoms with van der Waals surface area (Å²) in [6.45, 7) is 2.36. The van der Waals surface area contributed by atoms with E-state index in [1.807, 2.05) is 12.1 Å². The van der Waals surface area contributed by atoms with Crippen LogP contribution in [0.15, 0.2) is 18.3 Å². The van der Waals surface area contributed by atoms with Gasteiger partial charge in [-0.2, -0.15) is 0 Å². The lowest BCUT2D eigenvalue weighted by Gasteiger charge is -2.33. The van der Waals surface area contributed by atoms with Crippen LogP contribution in [0.1, 0.15) is 18.5 Å². The van der Waals surface area contributed by atoms with Crippen LogP contribution in [0.5, 0.6) is 0 Å². The van der Waals surface area contributed by atoms with Gasteiger partial charge in [0, 0.05) is 25.0 Å². The predicted molar refractivity (Wildman–Crippen MR) is 68.4 cm³/mol. The summed E-state index contributed by atoms with van der Waals surface area (Å²) < 4.78 is 5.53. The molecule has 5 nitrogen and oxygen atoms in total. The summed E-state index contributed by atoms with van der Waals surface area (Å²) in [5.41, 5.74) is 1.81. The predicted octanol–water partition coefficient (Wildman–Crippen LogP) is 0.552. The van der Waals surface area contributed by atoms with Gasteiger partial charge >= 0.3 is 0 Å². The molecule has 2 rings (SSSR count). The molecule has 2 N–H and O–H groups in total. The van der Waals surface area contributed by atoms with E-state index in [1.54, 1.807) is 6.20 Å². The highest BCUT2D eigenvalue weighted by Crippen LogP contribution is 2.21. The van der Waals surface area contributed by atoms with E-state index in [0.717, 1.165) is 31.6 Å². The monoisotopic (exact) mass is 252 g/mol. The number of pyridine rings is 1. The zero-order chi connectivity index (χ0) is 12.8. The summed E-state index contributed by atoms with van der Waals surface area (Å²) in [6, 6.07) is 3.89. The molecule has 0 bridgehead atoms. The molecule has 100 valence electrons. The molecular formula is C13H20N2O3. The zero-order valence-corrected chi connectivity index (χ0v) is 10.5. The Kier molecular flexibility index (Phi) is 4.92. The van der Waals surface area contributed by atoms with Crippen LogP contribution in [-0.4, -0.2) is 47.6 Å². The minimum Gasteiger partial charge on any atom is -0.394 e. The second kappa shape index (κ2) is 6.68. The molecule has 1 aromatic heterocycles. The molecule has 0 atom stereocenters. The minimum absolute atomic E-state index is 0.0239. The van der Waals surface area contributed by atoms with E-state index in [-0.39, 0.29) is 19.3 Å². The van der Waals surface area contributed by atoms with Crippen LogP contribution in [0.2, 0.25) is 0 Å². The number of hydrogen-bond donors (Lipinski definition) is 2. The second-order valence-corrected chi connectivity index (χ2v) is 4.44. The van der Waals surface area contributed by atoms with Crippen molar-refractivity contribution in [3.63, 3.8) is 0 Å². The molecule has 1 aliphatic heterocycles. The molecule has 1 aromatic rings. The van der Waals surface area contributed by atoms with Crippen LogP contribution in [0.3, 0.4) is 0 Å². The number of rotatable bonds is 5. The van der Waals surface area contributed by atoms with E-state index >= 15 is 0 Å². The molecule has 0 aliphatic carbocycles. The zero-order valence-electron chi connectivity index (χ0n) is 10.5. The Morgan fingerprint density at radius 3 is 2.78 bits per heavy atom. The van der Waals surface area contributed by atoms with Crippen LogP contribution in [0.4, 0.5) is 5.69 Å². The molecule has 1 aliphatic rings. The molecule has 1 fully saturated rings. The number of aliphatic hydroxyl groups excluding tert-OH is 2. The summed E-state index contributed by atoms with van der Waals surface area (Å²) in [6.07, 6.45) is 3.93. The van der Waals surface area contributed by atoms with Crippen molar-refractivity contribution in [1.29, 1.82) is 0 Å². The topological polar surface area (TPSA) is 65.8 Å². The average Bonchev–Trinajstić information content (AvgIpc) is 2.46. The molecule has 0 aromatic carbocycles. The van der Waals surface area contributed by atoms with Crippen molar-refractivity contribution in [2.45, 2.75) is 25.6 Å². The van der Waals surface area contributed by atoms with Crippen LogP contribution >= 0.6 is 0 Å². The van der Waals surface area contributed by atoms with E-state index in [2.05, 4.69) is 9.88 Å². The van der Waals surface area contributed by atoms with Gasteiger partial charge in [-0.05, 0) is 25.0 Å². The van der Waals surface area contributed by atoms with Gasteiger partial charge in [0.1, 0.15) is 0 Å². The van der Waals surface area contributed by atoms with Crippen molar-refractivity contribution in [1.82, 2.24) is 4.98 Å². The Hall–Kier alpha value is -1.17. The number of aliphatic hydroxyl groups is 2. The van der Waals surface area contributed by atoms with Gasteiger partial charge in [-0.1, -0.05) is 0 Å². The first kappa shape index (κ1) is 13.3. The summed E-state index contributed by atoms with van der Waals surface area (Å²) in [5.74, 6) is 0. The standard InChI is InChI=1S/C13H20N2O3/c16-7-8-18-13-2-5-15(6-3-13)12-1-4-14-11(9-12)10-17/h1,4,9,13,16-17H,2-3,5-8,10H2. The molecule has 0 saturated carbocycles. The van der Waals surface area contributed by atoms with Gasteiger partial charge in [-0.3, -0.25) is 4.98 Å². The molecule has 0 amide bonds. The summed E-state index contributed by atoms with van der Waals surface area (Å²) in [7, 11) is 0. The van der Waals surface area contributed by atoms with Crippen molar-refractivity contribution in [3.8, 4) is 0 Å². The van der Waals surface area contributed by atoms with E-state index in [4.69, 9.17) is 14.9 Å². The maximum atomic E-state index is 9.07. The number of hydrogen-bond acceptors (Lipinski definition) is 5. The molecule has 18 heavy (non-hydrogen) atoms. The lowest BCUT2D eigenvalue weighted by Crippen LogP contribution is -2.37. The van der Waals surface area contributed by atoms with Crippen LogP contribution < -0.4 is 4.90 Å². The number of anilines is 1. The van der Waals surface area contributed by atoms with E-state index in [0.29, 0.717) is 12.3 Å². The number of aromatic nitrogens is 1. The van der Waals surface area contributed by atoms with Gasteiger partial charge in [-0.25, -0.2) is 0 Å². The van der Waals surface area contributed by atoms with Crippen molar-refractivity contribution in [2.75, 3.05) is 31.2 Å². The SMILES string of the molecule is OCCOC1CCN(c2ccnc(CO)c2)CC1. The number of ether oxygens (including phenoxy) is 1. The van der Waals surface area contributed by atoms with E-state index in [9.17, 15) is 0 Å². The van der Waals surface area contributed by atoms with Crippen molar-refractivity contribution >= 4 is 5.69 Å². The van der Waals surface area contributed by atoms with Crippen LogP contribution in [0.25, 0.3) is 0 Å². The highest BCUT2D eigenvalue weighted by atomic mass is 16.5. The minimum atomic E-state index is -0.0239. The first-order valence-corrected chi connectivity index (χ1v) is 6.36. The fraction of sp³-hybridized carbons (Fsp3) is 0.615. The largest absolute Gasteiger partial charge is 0.394 e. The van der Waals surface area contributed by atoms with Gasteiger partial charge in [-0.15, -0.1) is 0 Å². The third kappa shape index (κ3) is 3.41. The number of piperidine rings is 1. The first-order valence-electron chi connectivity index (χ1n) is 6.36. The number of nitrogens with zero attached hydrogens (tertiary/aromatic N) is 2. The van der Waals surface area contributed by atoms with Gasteiger partial charge in [0.25, 0.3) is 0 Å². The van der Waals surface area contributed by atoms with E-state index in [1.165, 1.54) is 0 Å². The lowest BCUT2D eigenvalue weighted by molar-refractivity contribution is 0.0159. The Balaban J connectivity index is 1.88. The molecule has 0 unspecified atom stereocenters. The average molecular weight is 252 g/mol. The molecular weight excluding hydrogens is 232 g/mol. The maximum absolute atomic E-state index is 9.07. The highest BCUT2D eigenvalue weighted by molar-refractivity contribution is 5.46. The highest BCUT2D eigenvalue weighted by Gasteiger charge is 2.19. The Morgan fingerprint density at radius 1 is 1.33 bits per heavy atom. The summed E-state index contributed by atoms with van der Waals surface area (Å²) in [5, 5.41) is 17.8. The summed E-state index contributed by atoms with van der Waals surface area (Å²) >= 11 is 0. The lowest BCUT2D eigenvalue weighted by atomic mass is 10.1. The van der Waals surface area contributed by atoms with Crippen LogP contribution in [0, 0.1) is 0 Å². The van der Waals surface area contributed by atoms with E-state index < -0.39 is 0 Å². The quantitative estimate of drug-likeness (QED) is 0.801. The third-order valence-electron chi connectivity index (χ3n) is 3.21. The smallest absolute Gasteiger partial charge is 0.0853 e. The van der Waals surface area contributed by atoms with Crippen LogP contribution in [-0.2, 0) is 11.3 Å². The fourth-order valence-electron chi connectivity index (χ4n) is 2.25. The van der Waals surface area contributed by atoms with Crippen molar-refractivity contribution < 1.29 is 14.9 Å². The van der Waals surface area contributed by atoms with Gasteiger partial charge < -0.3 is 19.8 Å². The fourth-order valence-corrected chi connectivity index (χ4v) is 2.25. The Labute approximate surface area is 107 Å². The summed E-state index contributed by atoms with van der Waals surface area (Å²) in [4.78, 5) is 6.36. The molecule has 0 spiro atoms. The normalized spacial score (nSPS) is 17.1. The van der Waals surface area contributed by atoms with Gasteiger partial charge in [0.2, 0.25) is 0 Å². The molecule has 1 saturated heterocycles. The van der Waals surface area contributed by atoms with Gasteiger partial charge in [0.15, 0.2) is 0 Å². The Bertz CT molecular complexity index is 365.